The van der Waals surface area contributed by atoms with Crippen LogP contribution in [0.15, 0.2) is 18.2 Å². The Hall–Kier alpha value is -1.55. The second-order valence-corrected chi connectivity index (χ2v) is 5.78. The van der Waals surface area contributed by atoms with Crippen LogP contribution in [0.3, 0.4) is 0 Å². The lowest BCUT2D eigenvalue weighted by Crippen LogP contribution is -2.67. The molecule has 1 heterocycles. The average Bonchev–Trinajstić information content (AvgIpc) is 2.30. The molecule has 2 rings (SSSR count). The molecule has 1 saturated heterocycles. The normalized spacial score (nSPS) is 22.4. The van der Waals surface area contributed by atoms with Gasteiger partial charge in [0.15, 0.2) is 0 Å². The summed E-state index contributed by atoms with van der Waals surface area (Å²) in [5, 5.41) is 3.20. The van der Waals surface area contributed by atoms with Gasteiger partial charge < -0.3 is 5.32 Å². The highest BCUT2D eigenvalue weighted by molar-refractivity contribution is 6.34. The van der Waals surface area contributed by atoms with Crippen LogP contribution in [-0.2, 0) is 9.59 Å². The topological polar surface area (TPSA) is 49.4 Å². The molecule has 0 radical (unpaired) electrons. The highest BCUT2D eigenvalue weighted by Gasteiger charge is 2.44. The monoisotopic (exact) mass is 280 g/mol. The number of nitrogens with zero attached hydrogens (tertiary/aromatic N) is 1. The molecule has 1 atom stereocenters. The maximum absolute atomic E-state index is 12.6. The number of hydrogen-bond acceptors (Lipinski definition) is 2. The van der Waals surface area contributed by atoms with Gasteiger partial charge in [-0.1, -0.05) is 23.7 Å². The first kappa shape index (κ1) is 13.9. The van der Waals surface area contributed by atoms with Crippen LogP contribution in [0.5, 0.6) is 0 Å². The molecule has 19 heavy (non-hydrogen) atoms. The lowest BCUT2D eigenvalue weighted by molar-refractivity contribution is -0.136. The van der Waals surface area contributed by atoms with E-state index < -0.39 is 11.6 Å². The first-order valence-corrected chi connectivity index (χ1v) is 6.54. The number of amides is 2. The molecule has 0 aliphatic carbocycles. The van der Waals surface area contributed by atoms with Crippen LogP contribution in [-0.4, -0.2) is 23.4 Å². The molecule has 0 bridgehead atoms. The van der Waals surface area contributed by atoms with Crippen LogP contribution in [0.1, 0.15) is 26.3 Å². The van der Waals surface area contributed by atoms with Gasteiger partial charge in [0.2, 0.25) is 5.91 Å². The molecule has 4 nitrogen and oxygen atoms in total. The average molecular weight is 281 g/mol. The number of anilines is 1. The van der Waals surface area contributed by atoms with Gasteiger partial charge in [0, 0.05) is 0 Å². The summed E-state index contributed by atoms with van der Waals surface area (Å²) >= 11 is 6.21. The molecule has 102 valence electrons. The van der Waals surface area contributed by atoms with Crippen molar-refractivity contribution in [3.63, 3.8) is 0 Å². The molecule has 5 heteroatoms. The molecule has 1 aliphatic rings. The summed E-state index contributed by atoms with van der Waals surface area (Å²) in [6.45, 7) is 6.96. The van der Waals surface area contributed by atoms with Crippen molar-refractivity contribution in [2.75, 3.05) is 4.90 Å². The van der Waals surface area contributed by atoms with Crippen molar-refractivity contribution >= 4 is 29.1 Å². The predicted molar refractivity (Wildman–Crippen MR) is 75.4 cm³/mol. The summed E-state index contributed by atoms with van der Waals surface area (Å²) in [5.74, 6) is -0.334. The van der Waals surface area contributed by atoms with E-state index in [4.69, 9.17) is 11.6 Å². The molecule has 1 N–H and O–H groups in total. The van der Waals surface area contributed by atoms with Crippen molar-refractivity contribution < 1.29 is 9.59 Å². The first-order chi connectivity index (χ1) is 8.75. The van der Waals surface area contributed by atoms with Crippen LogP contribution in [0.2, 0.25) is 5.02 Å². The van der Waals surface area contributed by atoms with Gasteiger partial charge in [-0.2, -0.15) is 0 Å². The summed E-state index contributed by atoms with van der Waals surface area (Å²) in [7, 11) is 0. The Morgan fingerprint density at radius 1 is 1.32 bits per heavy atom. The van der Waals surface area contributed by atoms with Crippen molar-refractivity contribution in [3.05, 3.63) is 28.8 Å². The highest BCUT2D eigenvalue weighted by atomic mass is 35.5. The smallest absolute Gasteiger partial charge is 0.252 e. The van der Waals surface area contributed by atoms with E-state index in [2.05, 4.69) is 5.32 Å². The Labute approximate surface area is 117 Å². The lowest BCUT2D eigenvalue weighted by atomic mass is 9.96. The van der Waals surface area contributed by atoms with Crippen LogP contribution in [0.25, 0.3) is 0 Å². The fraction of sp³-hybridized carbons (Fsp3) is 0.429. The van der Waals surface area contributed by atoms with Crippen LogP contribution in [0.4, 0.5) is 5.69 Å². The number of para-hydroxylation sites is 1. The number of halogens is 1. The zero-order chi connectivity index (χ0) is 14.4. The van der Waals surface area contributed by atoms with Gasteiger partial charge in [-0.05, 0) is 39.3 Å². The van der Waals surface area contributed by atoms with Gasteiger partial charge in [-0.25, -0.2) is 0 Å². The molecule has 0 spiro atoms. The molecule has 0 saturated carbocycles. The standard InChI is InChI=1S/C14H17ClN2O2/c1-8-6-5-7-10(15)11(8)17-9(2)12(18)16-14(3,4)13(17)19/h5-7,9H,1-4H3,(H,16,18). The van der Waals surface area contributed by atoms with Gasteiger partial charge in [0.25, 0.3) is 5.91 Å². The molecular weight excluding hydrogens is 264 g/mol. The van der Waals surface area contributed by atoms with Gasteiger partial charge in [0.05, 0.1) is 10.7 Å². The third-order valence-electron chi connectivity index (χ3n) is 3.39. The summed E-state index contributed by atoms with van der Waals surface area (Å²) in [6.07, 6.45) is 0. The Balaban J connectivity index is 2.58. The van der Waals surface area contributed by atoms with E-state index in [1.165, 1.54) is 4.90 Å². The third kappa shape index (κ3) is 2.21. The number of carbonyl (C=O) groups excluding carboxylic acids is 2. The van der Waals surface area contributed by atoms with Crippen LogP contribution >= 0.6 is 11.6 Å². The highest BCUT2D eigenvalue weighted by Crippen LogP contribution is 2.34. The number of benzene rings is 1. The maximum Gasteiger partial charge on any atom is 0.252 e. The lowest BCUT2D eigenvalue weighted by Gasteiger charge is -2.42. The zero-order valence-electron chi connectivity index (χ0n) is 11.5. The maximum atomic E-state index is 12.6. The summed E-state index contributed by atoms with van der Waals surface area (Å²) in [6, 6.07) is 4.86. The quantitative estimate of drug-likeness (QED) is 0.858. The molecule has 1 aromatic carbocycles. The second-order valence-electron chi connectivity index (χ2n) is 5.37. The van der Waals surface area contributed by atoms with E-state index >= 15 is 0 Å². The SMILES string of the molecule is Cc1cccc(Cl)c1N1C(=O)C(C)(C)NC(=O)C1C. The molecule has 0 aromatic heterocycles. The predicted octanol–water partition coefficient (Wildman–Crippen LogP) is 2.28. The second kappa shape index (κ2) is 4.53. The van der Waals surface area contributed by atoms with E-state index in [1.807, 2.05) is 19.1 Å². The van der Waals surface area contributed by atoms with Crippen molar-refractivity contribution in [1.82, 2.24) is 5.32 Å². The number of piperazine rings is 1. The minimum Gasteiger partial charge on any atom is -0.340 e. The number of aryl methyl sites for hydroxylation is 1. The van der Waals surface area contributed by atoms with Gasteiger partial charge in [0.1, 0.15) is 11.6 Å². The van der Waals surface area contributed by atoms with Crippen LogP contribution < -0.4 is 10.2 Å². The minimum absolute atomic E-state index is 0.157. The van der Waals surface area contributed by atoms with E-state index in [0.29, 0.717) is 10.7 Å². The first-order valence-electron chi connectivity index (χ1n) is 6.16. The largest absolute Gasteiger partial charge is 0.340 e. The number of rotatable bonds is 1. The Bertz CT molecular complexity index is 534. The van der Waals surface area contributed by atoms with Gasteiger partial charge in [-0.15, -0.1) is 0 Å². The van der Waals surface area contributed by atoms with E-state index in [9.17, 15) is 9.59 Å². The van der Waals surface area contributed by atoms with E-state index in [1.54, 1.807) is 26.8 Å². The summed E-state index contributed by atoms with van der Waals surface area (Å²) in [5.41, 5.74) is 0.567. The Morgan fingerprint density at radius 2 is 1.95 bits per heavy atom. The summed E-state index contributed by atoms with van der Waals surface area (Å²) in [4.78, 5) is 26.1. The number of nitrogens with one attached hydrogen (secondary N) is 1. The number of carbonyl (C=O) groups is 2. The van der Waals surface area contributed by atoms with Crippen molar-refractivity contribution in [2.45, 2.75) is 39.3 Å². The fourth-order valence-corrected chi connectivity index (χ4v) is 2.60. The zero-order valence-corrected chi connectivity index (χ0v) is 12.2. The molecule has 1 aromatic rings. The van der Waals surface area contributed by atoms with E-state index in [0.717, 1.165) is 5.56 Å². The molecule has 2 amide bonds. The Morgan fingerprint density at radius 3 is 2.53 bits per heavy atom. The van der Waals surface area contributed by atoms with Crippen LogP contribution in [0, 0.1) is 6.92 Å². The summed E-state index contributed by atoms with van der Waals surface area (Å²) < 4.78 is 0. The third-order valence-corrected chi connectivity index (χ3v) is 3.69. The van der Waals surface area contributed by atoms with Crippen molar-refractivity contribution in [2.24, 2.45) is 0 Å². The molecular formula is C14H17ClN2O2. The molecule has 1 fully saturated rings. The van der Waals surface area contributed by atoms with Gasteiger partial charge >= 0.3 is 0 Å². The van der Waals surface area contributed by atoms with E-state index in [-0.39, 0.29) is 11.8 Å². The molecule has 1 aliphatic heterocycles. The number of hydrogen-bond donors (Lipinski definition) is 1. The van der Waals surface area contributed by atoms with Gasteiger partial charge in [-0.3, -0.25) is 14.5 Å². The van der Waals surface area contributed by atoms with Crippen molar-refractivity contribution in [3.8, 4) is 0 Å². The fourth-order valence-electron chi connectivity index (χ4n) is 2.28. The Kier molecular flexibility index (Phi) is 3.31. The minimum atomic E-state index is -0.921. The van der Waals surface area contributed by atoms with Crippen molar-refractivity contribution in [1.29, 1.82) is 0 Å². The molecule has 1 unspecified atom stereocenters.